The Balaban J connectivity index is 2.12. The number of halogens is 1. The van der Waals surface area contributed by atoms with Gasteiger partial charge in [-0.15, -0.1) is 0 Å². The lowest BCUT2D eigenvalue weighted by molar-refractivity contribution is 0.0696. The van der Waals surface area contributed by atoms with Crippen LogP contribution in [0.4, 0.5) is 0 Å². The summed E-state index contributed by atoms with van der Waals surface area (Å²) in [4.78, 5) is 10.9. The molecule has 98 valence electrons. The molecule has 2 rings (SSSR count). The molecule has 0 bridgehead atoms. The van der Waals surface area contributed by atoms with Crippen molar-refractivity contribution < 1.29 is 14.6 Å². The number of benzene rings is 2. The molecule has 0 unspecified atom stereocenters. The first-order valence-electron chi connectivity index (χ1n) is 5.77. The third kappa shape index (κ3) is 3.70. The zero-order chi connectivity index (χ0) is 13.8. The Morgan fingerprint density at radius 2 is 1.89 bits per heavy atom. The van der Waals surface area contributed by atoms with E-state index in [1.54, 1.807) is 18.2 Å². The average molecular weight is 368 g/mol. The van der Waals surface area contributed by atoms with E-state index in [4.69, 9.17) is 9.84 Å². The van der Waals surface area contributed by atoms with Crippen molar-refractivity contribution >= 4 is 28.6 Å². The molecule has 0 radical (unpaired) electrons. The maximum atomic E-state index is 10.9. The van der Waals surface area contributed by atoms with Gasteiger partial charge in [-0.05, 0) is 64.9 Å². The zero-order valence-corrected chi connectivity index (χ0v) is 12.5. The van der Waals surface area contributed by atoms with Crippen LogP contribution < -0.4 is 4.74 Å². The number of rotatable bonds is 4. The summed E-state index contributed by atoms with van der Waals surface area (Å²) < 4.78 is 6.86. The van der Waals surface area contributed by atoms with Crippen LogP contribution in [0.3, 0.4) is 0 Å². The van der Waals surface area contributed by atoms with E-state index in [1.165, 1.54) is 3.57 Å². The summed E-state index contributed by atoms with van der Waals surface area (Å²) in [5.41, 5.74) is 2.22. The van der Waals surface area contributed by atoms with Crippen molar-refractivity contribution in [2.24, 2.45) is 0 Å². The molecule has 3 nitrogen and oxygen atoms in total. The van der Waals surface area contributed by atoms with Gasteiger partial charge in [0.05, 0.1) is 5.56 Å². The van der Waals surface area contributed by atoms with Crippen LogP contribution in [0.15, 0.2) is 42.5 Å². The summed E-state index contributed by atoms with van der Waals surface area (Å²) in [6.07, 6.45) is 0. The number of carboxylic acids is 1. The molecule has 0 saturated carbocycles. The molecule has 19 heavy (non-hydrogen) atoms. The number of carboxylic acid groups (broad SMARTS) is 1. The van der Waals surface area contributed by atoms with Crippen molar-refractivity contribution in [2.75, 3.05) is 0 Å². The fraction of sp³-hybridized carbons (Fsp3) is 0.133. The molecule has 1 N–H and O–H groups in total. The molecule has 2 aromatic rings. The number of hydrogen-bond donors (Lipinski definition) is 1. The molecule has 0 atom stereocenters. The van der Waals surface area contributed by atoms with E-state index in [-0.39, 0.29) is 5.56 Å². The molecule has 0 aliphatic rings. The lowest BCUT2D eigenvalue weighted by Crippen LogP contribution is -2.01. The second-order valence-corrected chi connectivity index (χ2v) is 5.45. The Kier molecular flexibility index (Phi) is 4.42. The maximum absolute atomic E-state index is 10.9. The van der Waals surface area contributed by atoms with E-state index in [2.05, 4.69) is 22.6 Å². The molecule has 0 spiro atoms. The van der Waals surface area contributed by atoms with Crippen LogP contribution in [0.1, 0.15) is 21.5 Å². The van der Waals surface area contributed by atoms with Crippen LogP contribution in [0.25, 0.3) is 0 Å². The molecule has 0 aliphatic carbocycles. The Labute approximate surface area is 125 Å². The summed E-state index contributed by atoms with van der Waals surface area (Å²) in [6.45, 7) is 2.33. The molecule has 0 saturated heterocycles. The van der Waals surface area contributed by atoms with Crippen molar-refractivity contribution in [3.8, 4) is 5.75 Å². The Bertz CT molecular complexity index is 591. The summed E-state index contributed by atoms with van der Waals surface area (Å²) >= 11 is 2.25. The van der Waals surface area contributed by atoms with E-state index >= 15 is 0 Å². The van der Waals surface area contributed by atoms with Gasteiger partial charge in [0.25, 0.3) is 0 Å². The van der Waals surface area contributed by atoms with Crippen LogP contribution in [0.5, 0.6) is 5.75 Å². The first kappa shape index (κ1) is 13.9. The average Bonchev–Trinajstić information content (AvgIpc) is 2.39. The molecule has 0 aromatic heterocycles. The van der Waals surface area contributed by atoms with E-state index in [1.807, 2.05) is 31.2 Å². The van der Waals surface area contributed by atoms with Crippen molar-refractivity contribution in [1.82, 2.24) is 0 Å². The lowest BCUT2D eigenvalue weighted by atomic mass is 10.1. The van der Waals surface area contributed by atoms with E-state index in [9.17, 15) is 4.79 Å². The fourth-order valence-electron chi connectivity index (χ4n) is 1.63. The highest BCUT2D eigenvalue weighted by molar-refractivity contribution is 14.1. The van der Waals surface area contributed by atoms with Crippen molar-refractivity contribution in [3.63, 3.8) is 0 Å². The fourth-order valence-corrected chi connectivity index (χ4v) is 1.99. The highest BCUT2D eigenvalue weighted by Crippen LogP contribution is 2.21. The minimum absolute atomic E-state index is 0.239. The van der Waals surface area contributed by atoms with E-state index in [0.29, 0.717) is 12.4 Å². The second-order valence-electron chi connectivity index (χ2n) is 4.20. The quantitative estimate of drug-likeness (QED) is 0.834. The molecule has 0 heterocycles. The first-order chi connectivity index (χ1) is 9.06. The summed E-state index contributed by atoms with van der Waals surface area (Å²) in [5, 5.41) is 8.96. The van der Waals surface area contributed by atoms with Crippen LogP contribution >= 0.6 is 22.6 Å². The second kappa shape index (κ2) is 6.06. The summed E-state index contributed by atoms with van der Waals surface area (Å²) in [6, 6.07) is 12.9. The van der Waals surface area contributed by atoms with Gasteiger partial charge in [0.2, 0.25) is 0 Å². The predicted molar refractivity (Wildman–Crippen MR) is 81.6 cm³/mol. The zero-order valence-electron chi connectivity index (χ0n) is 10.4. The van der Waals surface area contributed by atoms with Gasteiger partial charge in [-0.3, -0.25) is 0 Å². The minimum atomic E-state index is -0.945. The molecule has 0 amide bonds. The molecule has 2 aromatic carbocycles. The van der Waals surface area contributed by atoms with E-state index in [0.717, 1.165) is 11.1 Å². The summed E-state index contributed by atoms with van der Waals surface area (Å²) in [5.74, 6) is -0.336. The maximum Gasteiger partial charge on any atom is 0.335 e. The van der Waals surface area contributed by atoms with Crippen LogP contribution in [0, 0.1) is 10.5 Å². The van der Waals surface area contributed by atoms with E-state index < -0.39 is 5.97 Å². The van der Waals surface area contributed by atoms with Gasteiger partial charge in [-0.25, -0.2) is 4.79 Å². The van der Waals surface area contributed by atoms with Gasteiger partial charge < -0.3 is 9.84 Å². The highest BCUT2D eigenvalue weighted by Gasteiger charge is 2.07. The van der Waals surface area contributed by atoms with Crippen LogP contribution in [-0.4, -0.2) is 11.1 Å². The van der Waals surface area contributed by atoms with Crippen molar-refractivity contribution in [3.05, 3.63) is 62.7 Å². The number of carbonyl (C=O) groups is 1. The Morgan fingerprint density at radius 3 is 2.53 bits per heavy atom. The minimum Gasteiger partial charge on any atom is -0.489 e. The lowest BCUT2D eigenvalue weighted by Gasteiger charge is -2.10. The van der Waals surface area contributed by atoms with Gasteiger partial charge in [0.15, 0.2) is 0 Å². The standard InChI is InChI=1S/C15H13IO3/c1-10-2-5-12(15(17)18)8-14(10)19-9-11-3-6-13(16)7-4-11/h2-8H,9H2,1H3,(H,17,18). The van der Waals surface area contributed by atoms with Gasteiger partial charge >= 0.3 is 5.97 Å². The molecule has 0 fully saturated rings. The van der Waals surface area contributed by atoms with Crippen molar-refractivity contribution in [1.29, 1.82) is 0 Å². The first-order valence-corrected chi connectivity index (χ1v) is 6.85. The smallest absolute Gasteiger partial charge is 0.335 e. The monoisotopic (exact) mass is 368 g/mol. The molecule has 4 heteroatoms. The Morgan fingerprint density at radius 1 is 1.21 bits per heavy atom. The van der Waals surface area contributed by atoms with Gasteiger partial charge in [0, 0.05) is 3.57 Å². The van der Waals surface area contributed by atoms with Crippen LogP contribution in [0.2, 0.25) is 0 Å². The third-order valence-corrected chi connectivity index (χ3v) is 3.46. The van der Waals surface area contributed by atoms with Gasteiger partial charge in [-0.2, -0.15) is 0 Å². The number of ether oxygens (including phenoxy) is 1. The number of aryl methyl sites for hydroxylation is 1. The number of aromatic carboxylic acids is 1. The molecule has 0 aliphatic heterocycles. The molecular formula is C15H13IO3. The van der Waals surface area contributed by atoms with Crippen LogP contribution in [-0.2, 0) is 6.61 Å². The highest BCUT2D eigenvalue weighted by atomic mass is 127. The molecular weight excluding hydrogens is 355 g/mol. The SMILES string of the molecule is Cc1ccc(C(=O)O)cc1OCc1ccc(I)cc1. The number of hydrogen-bond acceptors (Lipinski definition) is 2. The Hall–Kier alpha value is -1.56. The van der Waals surface area contributed by atoms with Crippen molar-refractivity contribution in [2.45, 2.75) is 13.5 Å². The third-order valence-electron chi connectivity index (χ3n) is 2.74. The predicted octanol–water partition coefficient (Wildman–Crippen LogP) is 3.88. The van der Waals surface area contributed by atoms with Gasteiger partial charge in [-0.1, -0.05) is 18.2 Å². The largest absolute Gasteiger partial charge is 0.489 e. The topological polar surface area (TPSA) is 46.5 Å². The van der Waals surface area contributed by atoms with Gasteiger partial charge in [0.1, 0.15) is 12.4 Å². The summed E-state index contributed by atoms with van der Waals surface area (Å²) in [7, 11) is 0. The normalized spacial score (nSPS) is 10.2.